The fraction of sp³-hybridized carbons (Fsp3) is 0.769. The molecule has 0 aromatic carbocycles. The minimum Gasteiger partial charge on any atom is -0.444 e. The smallest absolute Gasteiger partial charge is 0.411 e. The molecule has 1 rings (SSSR count). The standard InChI is InChI=1S/C13H20F2INO2S/c1-11(2,3)19-10(18)17-6-4-12(5-7-20-16)8-13(14,15)9-12/h4,6H,5,7-9H2,1-3H3,(H,17,18)/b6-4-. The maximum atomic E-state index is 13.1. The van der Waals surface area contributed by atoms with E-state index in [0.29, 0.717) is 6.42 Å². The predicted molar refractivity (Wildman–Crippen MR) is 86.2 cm³/mol. The number of nitrogens with one attached hydrogen (secondary N) is 1. The lowest BCUT2D eigenvalue weighted by atomic mass is 9.64. The lowest BCUT2D eigenvalue weighted by molar-refractivity contribution is -0.142. The highest BCUT2D eigenvalue weighted by Gasteiger charge is 2.54. The molecule has 0 atom stereocenters. The van der Waals surface area contributed by atoms with Crippen LogP contribution in [0.5, 0.6) is 0 Å². The Morgan fingerprint density at radius 1 is 1.45 bits per heavy atom. The van der Waals surface area contributed by atoms with E-state index in [1.807, 2.05) is 0 Å². The Morgan fingerprint density at radius 2 is 2.05 bits per heavy atom. The maximum Gasteiger partial charge on any atom is 0.411 e. The van der Waals surface area contributed by atoms with E-state index in [4.69, 9.17) is 4.74 Å². The summed E-state index contributed by atoms with van der Waals surface area (Å²) in [6.07, 6.45) is 2.93. The number of amides is 1. The Bertz CT molecular complexity index is 375. The van der Waals surface area contributed by atoms with Crippen molar-refractivity contribution in [3.05, 3.63) is 12.3 Å². The molecule has 1 aliphatic rings. The van der Waals surface area contributed by atoms with Crippen LogP contribution in [0.25, 0.3) is 0 Å². The molecular formula is C13H20F2INO2S. The van der Waals surface area contributed by atoms with Crippen molar-refractivity contribution in [1.82, 2.24) is 5.32 Å². The quantitative estimate of drug-likeness (QED) is 0.644. The number of ether oxygens (including phenoxy) is 1. The zero-order chi connectivity index (χ0) is 15.4. The highest BCUT2D eigenvalue weighted by Crippen LogP contribution is 2.55. The lowest BCUT2D eigenvalue weighted by Crippen LogP contribution is -2.45. The zero-order valence-corrected chi connectivity index (χ0v) is 14.8. The lowest BCUT2D eigenvalue weighted by Gasteiger charge is -2.45. The van der Waals surface area contributed by atoms with Gasteiger partial charge in [-0.25, -0.2) is 13.6 Å². The number of allylic oxidation sites excluding steroid dienone is 1. The van der Waals surface area contributed by atoms with Gasteiger partial charge in [-0.05, 0) is 48.4 Å². The van der Waals surface area contributed by atoms with Gasteiger partial charge in [-0.3, -0.25) is 5.32 Å². The van der Waals surface area contributed by atoms with Crippen LogP contribution in [0.3, 0.4) is 0 Å². The van der Waals surface area contributed by atoms with Crippen LogP contribution in [0.2, 0.25) is 0 Å². The van der Waals surface area contributed by atoms with E-state index in [-0.39, 0.29) is 12.8 Å². The van der Waals surface area contributed by atoms with E-state index < -0.39 is 23.0 Å². The monoisotopic (exact) mass is 419 g/mol. The van der Waals surface area contributed by atoms with Gasteiger partial charge in [0.05, 0.1) is 0 Å². The maximum absolute atomic E-state index is 13.1. The highest BCUT2D eigenvalue weighted by atomic mass is 127. The normalized spacial score (nSPS) is 20.5. The second kappa shape index (κ2) is 6.81. The number of halogens is 3. The predicted octanol–water partition coefficient (Wildman–Crippen LogP) is 4.91. The Labute approximate surface area is 134 Å². The molecule has 0 aromatic rings. The topological polar surface area (TPSA) is 38.3 Å². The third-order valence-corrected chi connectivity index (χ3v) is 4.62. The van der Waals surface area contributed by atoms with Gasteiger partial charge in [0.15, 0.2) is 0 Å². The fourth-order valence-electron chi connectivity index (χ4n) is 2.19. The SMILES string of the molecule is CC(C)(C)OC(=O)N/C=C\C1(CCSI)CC(F)(F)C1. The molecule has 0 aromatic heterocycles. The summed E-state index contributed by atoms with van der Waals surface area (Å²) in [4.78, 5) is 11.5. The first-order valence-corrected chi connectivity index (χ1v) is 9.89. The molecule has 0 bridgehead atoms. The number of alkyl halides is 2. The van der Waals surface area contributed by atoms with Gasteiger partial charge >= 0.3 is 6.09 Å². The first kappa shape index (κ1) is 18.0. The van der Waals surface area contributed by atoms with Crippen LogP contribution in [-0.2, 0) is 4.74 Å². The summed E-state index contributed by atoms with van der Waals surface area (Å²) in [5.74, 6) is -1.76. The third kappa shape index (κ3) is 6.15. The molecule has 1 aliphatic carbocycles. The third-order valence-electron chi connectivity index (χ3n) is 2.94. The highest BCUT2D eigenvalue weighted by molar-refractivity contribution is 14.2. The fourth-order valence-corrected chi connectivity index (χ4v) is 3.34. The summed E-state index contributed by atoms with van der Waals surface area (Å²) in [6, 6.07) is 0. The minimum atomic E-state index is -2.58. The molecule has 0 aliphatic heterocycles. The molecule has 1 fully saturated rings. The first-order valence-electron chi connectivity index (χ1n) is 6.36. The number of rotatable bonds is 5. The van der Waals surface area contributed by atoms with Crippen molar-refractivity contribution >= 4 is 36.2 Å². The summed E-state index contributed by atoms with van der Waals surface area (Å²) in [5.41, 5.74) is -1.08. The van der Waals surface area contributed by atoms with Gasteiger partial charge in [0.1, 0.15) is 5.60 Å². The second-order valence-corrected chi connectivity index (χ2v) is 8.61. The molecule has 7 heteroatoms. The van der Waals surface area contributed by atoms with Gasteiger partial charge in [0, 0.05) is 30.2 Å². The van der Waals surface area contributed by atoms with E-state index in [1.165, 1.54) is 6.20 Å². The summed E-state index contributed by atoms with van der Waals surface area (Å²) in [5, 5.41) is 2.47. The van der Waals surface area contributed by atoms with Crippen LogP contribution in [0.15, 0.2) is 12.3 Å². The molecule has 1 amide bonds. The Morgan fingerprint density at radius 3 is 2.50 bits per heavy atom. The minimum absolute atomic E-state index is 0.149. The molecular weight excluding hydrogens is 399 g/mol. The number of alkyl carbamates (subject to hydrolysis) is 1. The molecule has 116 valence electrons. The van der Waals surface area contributed by atoms with Crippen molar-refractivity contribution in [1.29, 1.82) is 0 Å². The summed E-state index contributed by atoms with van der Waals surface area (Å²) in [6.45, 7) is 5.30. The largest absolute Gasteiger partial charge is 0.444 e. The second-order valence-electron chi connectivity index (χ2n) is 6.11. The average molecular weight is 419 g/mol. The molecule has 1 saturated carbocycles. The molecule has 3 nitrogen and oxygen atoms in total. The molecule has 0 heterocycles. The van der Waals surface area contributed by atoms with Gasteiger partial charge in [-0.2, -0.15) is 0 Å². The van der Waals surface area contributed by atoms with Gasteiger partial charge in [-0.1, -0.05) is 15.0 Å². The van der Waals surface area contributed by atoms with Crippen LogP contribution >= 0.6 is 30.1 Å². The van der Waals surface area contributed by atoms with E-state index in [1.54, 1.807) is 35.8 Å². The van der Waals surface area contributed by atoms with Crippen molar-refractivity contribution < 1.29 is 18.3 Å². The number of carbonyl (C=O) groups excluding carboxylic acids is 1. The van der Waals surface area contributed by atoms with Crippen molar-refractivity contribution in [2.75, 3.05) is 5.75 Å². The van der Waals surface area contributed by atoms with E-state index in [0.717, 1.165) is 5.75 Å². The van der Waals surface area contributed by atoms with Crippen LogP contribution in [0.1, 0.15) is 40.0 Å². The van der Waals surface area contributed by atoms with Crippen LogP contribution in [0.4, 0.5) is 13.6 Å². The van der Waals surface area contributed by atoms with Crippen LogP contribution < -0.4 is 5.32 Å². The van der Waals surface area contributed by atoms with Crippen molar-refractivity contribution in [2.45, 2.75) is 51.6 Å². The number of hydrogen-bond acceptors (Lipinski definition) is 3. The summed E-state index contributed by atoms with van der Waals surface area (Å²) < 4.78 is 31.3. The molecule has 0 radical (unpaired) electrons. The Kier molecular flexibility index (Phi) is 6.13. The van der Waals surface area contributed by atoms with Crippen molar-refractivity contribution in [3.8, 4) is 0 Å². The van der Waals surface area contributed by atoms with Crippen LogP contribution in [-0.4, -0.2) is 23.4 Å². The number of hydrogen-bond donors (Lipinski definition) is 1. The summed E-state index contributed by atoms with van der Waals surface area (Å²) >= 11 is 2.16. The van der Waals surface area contributed by atoms with Crippen molar-refractivity contribution in [2.24, 2.45) is 5.41 Å². The Hall–Kier alpha value is -0.0500. The summed E-state index contributed by atoms with van der Waals surface area (Å²) in [7, 11) is 1.60. The van der Waals surface area contributed by atoms with Gasteiger partial charge in [0.2, 0.25) is 5.92 Å². The van der Waals surface area contributed by atoms with E-state index >= 15 is 0 Å². The Balaban J connectivity index is 2.50. The molecule has 1 N–H and O–H groups in total. The number of carbonyl (C=O) groups is 1. The van der Waals surface area contributed by atoms with Gasteiger partial charge in [-0.15, -0.1) is 0 Å². The molecule has 20 heavy (non-hydrogen) atoms. The van der Waals surface area contributed by atoms with Crippen LogP contribution in [0, 0.1) is 5.41 Å². The first-order chi connectivity index (χ1) is 9.08. The zero-order valence-electron chi connectivity index (χ0n) is 11.8. The average Bonchev–Trinajstić information content (AvgIpc) is 2.21. The van der Waals surface area contributed by atoms with E-state index in [9.17, 15) is 13.6 Å². The van der Waals surface area contributed by atoms with E-state index in [2.05, 4.69) is 26.5 Å². The molecule has 0 spiro atoms. The van der Waals surface area contributed by atoms with Gasteiger partial charge in [0.25, 0.3) is 0 Å². The molecule has 0 saturated heterocycles. The van der Waals surface area contributed by atoms with Gasteiger partial charge < -0.3 is 4.74 Å². The van der Waals surface area contributed by atoms with Crippen molar-refractivity contribution in [3.63, 3.8) is 0 Å². The molecule has 0 unspecified atom stereocenters.